The molecule has 0 aromatic carbocycles. The number of hydrogen-bond donors (Lipinski definition) is 2. The van der Waals surface area contributed by atoms with Gasteiger partial charge < -0.3 is 9.47 Å². The molecule has 0 heterocycles. The first-order valence-corrected chi connectivity index (χ1v) is 3.54. The molecule has 0 radical (unpaired) electrons. The van der Waals surface area contributed by atoms with Gasteiger partial charge in [-0.1, -0.05) is 0 Å². The molecule has 3 N–H and O–H groups in total. The van der Waals surface area contributed by atoms with Gasteiger partial charge in [-0.3, -0.25) is 11.3 Å². The third-order valence-electron chi connectivity index (χ3n) is 0.948. The molecule has 0 amide bonds. The van der Waals surface area contributed by atoms with Crippen molar-refractivity contribution in [2.24, 2.45) is 5.84 Å². The molecule has 0 aromatic heterocycles. The Morgan fingerprint density at radius 2 is 2.27 bits per heavy atom. The maximum Gasteiger partial charge on any atom is 0.508 e. The standard InChI is InChI=1S/C6H14N2O3/c1-2-10-6(9)11-5-3-4-8-7/h8H,2-5,7H2,1H3. The van der Waals surface area contributed by atoms with E-state index in [4.69, 9.17) is 5.84 Å². The Labute approximate surface area is 65.8 Å². The van der Waals surface area contributed by atoms with Crippen molar-refractivity contribution >= 4 is 6.16 Å². The van der Waals surface area contributed by atoms with E-state index in [1.807, 2.05) is 0 Å². The lowest BCUT2D eigenvalue weighted by atomic mass is 10.5. The summed E-state index contributed by atoms with van der Waals surface area (Å²) >= 11 is 0. The lowest BCUT2D eigenvalue weighted by Crippen LogP contribution is -2.24. The van der Waals surface area contributed by atoms with Gasteiger partial charge in [0.1, 0.15) is 0 Å². The molecule has 0 rings (SSSR count). The maximum atomic E-state index is 10.5. The average Bonchev–Trinajstić information content (AvgIpc) is 1.99. The van der Waals surface area contributed by atoms with Crippen LogP contribution in [0.1, 0.15) is 13.3 Å². The fraction of sp³-hybridized carbons (Fsp3) is 0.833. The van der Waals surface area contributed by atoms with Crippen molar-refractivity contribution in [3.05, 3.63) is 0 Å². The van der Waals surface area contributed by atoms with Crippen molar-refractivity contribution in [2.75, 3.05) is 19.8 Å². The molecule has 0 saturated heterocycles. The van der Waals surface area contributed by atoms with Crippen LogP contribution in [0.2, 0.25) is 0 Å². The van der Waals surface area contributed by atoms with Crippen LogP contribution in [0.4, 0.5) is 4.79 Å². The SMILES string of the molecule is CCOC(=O)OCCCNN. The van der Waals surface area contributed by atoms with Crippen molar-refractivity contribution in [1.29, 1.82) is 0 Å². The van der Waals surface area contributed by atoms with Gasteiger partial charge in [-0.15, -0.1) is 0 Å². The molecule has 0 bridgehead atoms. The molecule has 0 saturated carbocycles. The van der Waals surface area contributed by atoms with Crippen molar-refractivity contribution < 1.29 is 14.3 Å². The van der Waals surface area contributed by atoms with Crippen LogP contribution in [0.15, 0.2) is 0 Å². The van der Waals surface area contributed by atoms with Gasteiger partial charge >= 0.3 is 6.16 Å². The number of hydrogen-bond acceptors (Lipinski definition) is 5. The Morgan fingerprint density at radius 3 is 2.82 bits per heavy atom. The Hall–Kier alpha value is -0.810. The molecule has 0 aromatic rings. The van der Waals surface area contributed by atoms with Crippen LogP contribution in [-0.4, -0.2) is 25.9 Å². The smallest absolute Gasteiger partial charge is 0.435 e. The fourth-order valence-corrected chi connectivity index (χ4v) is 0.489. The monoisotopic (exact) mass is 162 g/mol. The summed E-state index contributed by atoms with van der Waals surface area (Å²) in [5.41, 5.74) is 2.44. The van der Waals surface area contributed by atoms with Gasteiger partial charge in [-0.25, -0.2) is 4.79 Å². The van der Waals surface area contributed by atoms with E-state index in [1.165, 1.54) is 0 Å². The van der Waals surface area contributed by atoms with Gasteiger partial charge in [0.2, 0.25) is 0 Å². The summed E-state index contributed by atoms with van der Waals surface area (Å²) in [4.78, 5) is 10.5. The first-order valence-electron chi connectivity index (χ1n) is 3.54. The van der Waals surface area contributed by atoms with Crippen LogP contribution < -0.4 is 11.3 Å². The summed E-state index contributed by atoms with van der Waals surface area (Å²) in [6, 6.07) is 0. The number of carbonyl (C=O) groups excluding carboxylic acids is 1. The van der Waals surface area contributed by atoms with E-state index in [0.29, 0.717) is 26.2 Å². The third-order valence-corrected chi connectivity index (χ3v) is 0.948. The van der Waals surface area contributed by atoms with Crippen LogP contribution in [0, 0.1) is 0 Å². The zero-order chi connectivity index (χ0) is 8.53. The van der Waals surface area contributed by atoms with E-state index in [-0.39, 0.29) is 0 Å². The third kappa shape index (κ3) is 7.08. The number of nitrogens with two attached hydrogens (primary N) is 1. The number of hydrazine groups is 1. The van der Waals surface area contributed by atoms with Gasteiger partial charge in [0, 0.05) is 6.54 Å². The molecule has 0 atom stereocenters. The first-order chi connectivity index (χ1) is 5.31. The second-order valence-corrected chi connectivity index (χ2v) is 1.84. The van der Waals surface area contributed by atoms with Crippen molar-refractivity contribution in [1.82, 2.24) is 5.43 Å². The summed E-state index contributed by atoms with van der Waals surface area (Å²) in [6.07, 6.45) is 0.0690. The molecule has 5 nitrogen and oxygen atoms in total. The van der Waals surface area contributed by atoms with E-state index in [0.717, 1.165) is 0 Å². The Morgan fingerprint density at radius 1 is 1.55 bits per heavy atom. The van der Waals surface area contributed by atoms with E-state index in [1.54, 1.807) is 6.92 Å². The maximum absolute atomic E-state index is 10.5. The van der Waals surface area contributed by atoms with Crippen LogP contribution in [0.25, 0.3) is 0 Å². The number of ether oxygens (including phenoxy) is 2. The molecular formula is C6H14N2O3. The van der Waals surface area contributed by atoms with Crippen LogP contribution in [0.5, 0.6) is 0 Å². The average molecular weight is 162 g/mol. The predicted octanol–water partition coefficient (Wildman–Crippen LogP) is 0.0129. The second-order valence-electron chi connectivity index (χ2n) is 1.84. The second kappa shape index (κ2) is 7.30. The molecule has 0 unspecified atom stereocenters. The lowest BCUT2D eigenvalue weighted by Gasteiger charge is -2.03. The lowest BCUT2D eigenvalue weighted by molar-refractivity contribution is 0.0584. The largest absolute Gasteiger partial charge is 0.508 e. The van der Waals surface area contributed by atoms with Crippen molar-refractivity contribution in [2.45, 2.75) is 13.3 Å². The molecule has 0 aliphatic rings. The summed E-state index contributed by atoms with van der Waals surface area (Å²) in [6.45, 7) is 3.03. The van der Waals surface area contributed by atoms with E-state index >= 15 is 0 Å². The number of rotatable bonds is 5. The van der Waals surface area contributed by atoms with Crippen LogP contribution >= 0.6 is 0 Å². The Balaban J connectivity index is 3.04. The molecule has 0 aliphatic carbocycles. The summed E-state index contributed by atoms with van der Waals surface area (Å²) in [5.74, 6) is 4.98. The Bertz CT molecular complexity index is 108. The highest BCUT2D eigenvalue weighted by Gasteiger charge is 1.99. The highest BCUT2D eigenvalue weighted by Crippen LogP contribution is 1.86. The first kappa shape index (κ1) is 10.2. The van der Waals surface area contributed by atoms with E-state index < -0.39 is 6.16 Å². The van der Waals surface area contributed by atoms with Crippen LogP contribution in [-0.2, 0) is 9.47 Å². The minimum atomic E-state index is -0.621. The molecular weight excluding hydrogens is 148 g/mol. The highest BCUT2D eigenvalue weighted by atomic mass is 16.7. The normalized spacial score (nSPS) is 9.27. The van der Waals surface area contributed by atoms with Gasteiger partial charge in [-0.05, 0) is 13.3 Å². The molecule has 0 aliphatic heterocycles. The van der Waals surface area contributed by atoms with Crippen molar-refractivity contribution in [3.63, 3.8) is 0 Å². The summed E-state index contributed by atoms with van der Waals surface area (Å²) in [5, 5.41) is 0. The fourth-order valence-electron chi connectivity index (χ4n) is 0.489. The zero-order valence-corrected chi connectivity index (χ0v) is 6.63. The number of nitrogens with one attached hydrogen (secondary N) is 1. The summed E-state index contributed by atoms with van der Waals surface area (Å²) in [7, 11) is 0. The van der Waals surface area contributed by atoms with E-state index in [9.17, 15) is 4.79 Å². The quantitative estimate of drug-likeness (QED) is 0.258. The highest BCUT2D eigenvalue weighted by molar-refractivity contribution is 5.59. The number of carbonyl (C=O) groups is 1. The molecule has 5 heteroatoms. The molecule has 66 valence electrons. The van der Waals surface area contributed by atoms with Gasteiger partial charge in [0.05, 0.1) is 13.2 Å². The van der Waals surface area contributed by atoms with E-state index in [2.05, 4.69) is 14.9 Å². The van der Waals surface area contributed by atoms with Crippen LogP contribution in [0.3, 0.4) is 0 Å². The Kier molecular flexibility index (Phi) is 6.76. The molecule has 11 heavy (non-hydrogen) atoms. The van der Waals surface area contributed by atoms with Crippen molar-refractivity contribution in [3.8, 4) is 0 Å². The van der Waals surface area contributed by atoms with Gasteiger partial charge in [0.15, 0.2) is 0 Å². The topological polar surface area (TPSA) is 73.6 Å². The minimum absolute atomic E-state index is 0.336. The van der Waals surface area contributed by atoms with Gasteiger partial charge in [0.25, 0.3) is 0 Å². The van der Waals surface area contributed by atoms with Gasteiger partial charge in [-0.2, -0.15) is 0 Å². The molecule has 0 spiro atoms. The zero-order valence-electron chi connectivity index (χ0n) is 6.63. The summed E-state index contributed by atoms with van der Waals surface area (Å²) < 4.78 is 9.14. The predicted molar refractivity (Wildman–Crippen MR) is 39.8 cm³/mol. The molecule has 0 fully saturated rings. The minimum Gasteiger partial charge on any atom is -0.435 e.